The molecule has 1 unspecified atom stereocenters. The van der Waals surface area contributed by atoms with Crippen molar-refractivity contribution in [2.75, 3.05) is 47.4 Å². The molecule has 1 aliphatic heterocycles. The van der Waals surface area contributed by atoms with Gasteiger partial charge in [-0.15, -0.1) is 0 Å². The highest BCUT2D eigenvalue weighted by Gasteiger charge is 2.24. The van der Waals surface area contributed by atoms with Crippen molar-refractivity contribution >= 4 is 15.8 Å². The van der Waals surface area contributed by atoms with Crippen LogP contribution in [-0.4, -0.2) is 70.8 Å². The Kier molecular flexibility index (Phi) is 7.83. The molecule has 1 atom stereocenters. The Bertz CT molecular complexity index is 984. The van der Waals surface area contributed by atoms with Crippen LogP contribution in [0.4, 0.5) is 0 Å². The molecule has 0 aromatic heterocycles. The van der Waals surface area contributed by atoms with Gasteiger partial charge in [0.05, 0.1) is 18.6 Å². The third-order valence-corrected chi connectivity index (χ3v) is 7.45. The highest BCUT2D eigenvalue weighted by Crippen LogP contribution is 2.26. The fourth-order valence-corrected chi connectivity index (χ4v) is 4.75. The van der Waals surface area contributed by atoms with Gasteiger partial charge in [-0.2, -0.15) is 0 Å². The third-order valence-electron chi connectivity index (χ3n) is 5.64. The summed E-state index contributed by atoms with van der Waals surface area (Å²) in [5.74, 6) is 0.685. The lowest BCUT2D eigenvalue weighted by molar-refractivity contribution is 0.0987. The Labute approximate surface area is 185 Å². The number of sulfonamides is 1. The lowest BCUT2D eigenvalue weighted by atomic mass is 10.0. The summed E-state index contributed by atoms with van der Waals surface area (Å²) in [6.45, 7) is 2.85. The van der Waals surface area contributed by atoms with Gasteiger partial charge in [-0.05, 0) is 55.8 Å². The fraction of sp³-hybridized carbons (Fsp3) is 0.435. The van der Waals surface area contributed by atoms with Crippen molar-refractivity contribution in [1.82, 2.24) is 14.5 Å². The van der Waals surface area contributed by atoms with E-state index >= 15 is 0 Å². The number of ketones is 1. The number of nitrogens with zero attached hydrogens (tertiary/aromatic N) is 2. The number of nitrogens with one attached hydrogen (secondary N) is 1. The zero-order valence-electron chi connectivity index (χ0n) is 18.4. The van der Waals surface area contributed by atoms with E-state index in [-0.39, 0.29) is 23.3 Å². The fourth-order valence-electron chi connectivity index (χ4n) is 3.80. The molecule has 0 spiro atoms. The number of rotatable bonds is 10. The van der Waals surface area contributed by atoms with Crippen LogP contribution in [-0.2, 0) is 10.0 Å². The number of carbonyl (C=O) groups is 1. The van der Waals surface area contributed by atoms with Crippen LogP contribution in [0, 0.1) is 0 Å². The van der Waals surface area contributed by atoms with E-state index in [1.807, 2.05) is 12.1 Å². The van der Waals surface area contributed by atoms with Crippen molar-refractivity contribution in [3.63, 3.8) is 0 Å². The number of Topliss-reactive ketones (excluding diaryl/α,β-unsaturated/α-hetero) is 1. The Morgan fingerprint density at radius 3 is 2.42 bits per heavy atom. The molecule has 0 aliphatic carbocycles. The van der Waals surface area contributed by atoms with Gasteiger partial charge in [0.25, 0.3) is 0 Å². The Balaban J connectivity index is 1.67. The molecule has 2 aromatic rings. The minimum atomic E-state index is -3.58. The predicted octanol–water partition coefficient (Wildman–Crippen LogP) is 2.55. The minimum absolute atomic E-state index is 0.122. The van der Waals surface area contributed by atoms with Crippen LogP contribution in [0.15, 0.2) is 53.4 Å². The molecule has 8 heteroatoms. The number of hydrogen-bond donors (Lipinski definition) is 1. The summed E-state index contributed by atoms with van der Waals surface area (Å²) in [7, 11) is 1.03. The smallest absolute Gasteiger partial charge is 0.242 e. The second-order valence-corrected chi connectivity index (χ2v) is 10.1. The molecule has 0 amide bonds. The molecule has 168 valence electrons. The van der Waals surface area contributed by atoms with E-state index in [2.05, 4.69) is 22.3 Å². The monoisotopic (exact) mass is 445 g/mol. The molecule has 7 nitrogen and oxygen atoms in total. The van der Waals surface area contributed by atoms with Gasteiger partial charge in [-0.3, -0.25) is 9.69 Å². The molecule has 1 heterocycles. The molecule has 2 aromatic carbocycles. The van der Waals surface area contributed by atoms with Crippen molar-refractivity contribution in [2.45, 2.75) is 23.8 Å². The zero-order valence-corrected chi connectivity index (χ0v) is 19.2. The maximum atomic E-state index is 12.7. The van der Waals surface area contributed by atoms with Gasteiger partial charge in [-0.1, -0.05) is 24.3 Å². The molecule has 0 radical (unpaired) electrons. The number of methoxy groups -OCH3 is 1. The summed E-state index contributed by atoms with van der Waals surface area (Å²) >= 11 is 0. The van der Waals surface area contributed by atoms with E-state index in [0.717, 1.165) is 23.1 Å². The number of hydrogen-bond acceptors (Lipinski definition) is 6. The van der Waals surface area contributed by atoms with E-state index < -0.39 is 10.0 Å². The van der Waals surface area contributed by atoms with Crippen molar-refractivity contribution in [3.8, 4) is 5.75 Å². The molecule has 1 aliphatic rings. The summed E-state index contributed by atoms with van der Waals surface area (Å²) in [6, 6.07) is 14.4. The van der Waals surface area contributed by atoms with Crippen molar-refractivity contribution in [1.29, 1.82) is 0 Å². The van der Waals surface area contributed by atoms with Gasteiger partial charge in [0.1, 0.15) is 5.75 Å². The quantitative estimate of drug-likeness (QED) is 0.567. The molecule has 3 rings (SSSR count). The van der Waals surface area contributed by atoms with Gasteiger partial charge in [0, 0.05) is 32.2 Å². The van der Waals surface area contributed by atoms with Gasteiger partial charge in [-0.25, -0.2) is 12.7 Å². The summed E-state index contributed by atoms with van der Waals surface area (Å²) in [6.07, 6.45) is 2.36. The Morgan fingerprint density at radius 1 is 1.13 bits per heavy atom. The maximum absolute atomic E-state index is 12.7. The topological polar surface area (TPSA) is 78.9 Å². The summed E-state index contributed by atoms with van der Waals surface area (Å²) in [5.41, 5.74) is 1.57. The molecule has 0 bridgehead atoms. The largest absolute Gasteiger partial charge is 0.497 e. The lowest BCUT2D eigenvalue weighted by Crippen LogP contribution is -2.36. The first-order valence-electron chi connectivity index (χ1n) is 10.5. The third kappa shape index (κ3) is 5.71. The summed E-state index contributed by atoms with van der Waals surface area (Å²) in [5, 5.41) is 3.29. The van der Waals surface area contributed by atoms with Gasteiger partial charge in [0.15, 0.2) is 5.78 Å². The van der Waals surface area contributed by atoms with Crippen molar-refractivity contribution < 1.29 is 17.9 Å². The molecule has 1 saturated heterocycles. The Morgan fingerprint density at radius 2 is 1.81 bits per heavy atom. The first-order valence-corrected chi connectivity index (χ1v) is 11.9. The van der Waals surface area contributed by atoms with Crippen LogP contribution in [0.5, 0.6) is 5.75 Å². The SMILES string of the molecule is COc1ccc(C(CNCC(=O)c2cccc(S(=O)(=O)N(C)C)c2)N2CCCC2)cc1. The van der Waals surface area contributed by atoms with Crippen molar-refractivity contribution in [3.05, 3.63) is 59.7 Å². The van der Waals surface area contributed by atoms with E-state index in [0.29, 0.717) is 12.1 Å². The number of ether oxygens (including phenoxy) is 1. The van der Waals surface area contributed by atoms with Crippen molar-refractivity contribution in [2.24, 2.45) is 0 Å². The number of carbonyl (C=O) groups excluding carboxylic acids is 1. The first kappa shape index (κ1) is 23.4. The predicted molar refractivity (Wildman–Crippen MR) is 121 cm³/mol. The highest BCUT2D eigenvalue weighted by atomic mass is 32.2. The first-order chi connectivity index (χ1) is 14.8. The van der Waals surface area contributed by atoms with Crippen LogP contribution in [0.1, 0.15) is 34.8 Å². The second kappa shape index (κ2) is 10.4. The van der Waals surface area contributed by atoms with Crippen LogP contribution < -0.4 is 10.1 Å². The molecular formula is C23H31N3O4S. The molecular weight excluding hydrogens is 414 g/mol. The zero-order chi connectivity index (χ0) is 22.4. The molecule has 31 heavy (non-hydrogen) atoms. The summed E-state index contributed by atoms with van der Waals surface area (Å²) in [4.78, 5) is 15.3. The van der Waals surface area contributed by atoms with E-state index in [1.54, 1.807) is 19.2 Å². The average Bonchev–Trinajstić information content (AvgIpc) is 3.31. The molecule has 1 N–H and O–H groups in total. The lowest BCUT2D eigenvalue weighted by Gasteiger charge is -2.28. The van der Waals surface area contributed by atoms with Gasteiger partial charge in [0.2, 0.25) is 10.0 Å². The normalized spacial score (nSPS) is 15.9. The van der Waals surface area contributed by atoms with Crippen LogP contribution >= 0.6 is 0 Å². The highest BCUT2D eigenvalue weighted by molar-refractivity contribution is 7.89. The van der Waals surface area contributed by atoms with E-state index in [4.69, 9.17) is 4.74 Å². The maximum Gasteiger partial charge on any atom is 0.242 e. The number of benzene rings is 2. The minimum Gasteiger partial charge on any atom is -0.497 e. The standard InChI is InChI=1S/C23H31N3O4S/c1-25(2)31(28,29)21-8-6-7-19(15-21)23(27)17-24-16-22(26-13-4-5-14-26)18-9-11-20(30-3)12-10-18/h6-12,15,22,24H,4-5,13-14,16-17H2,1-3H3. The Hall–Kier alpha value is -2.26. The van der Waals surface area contributed by atoms with Crippen LogP contribution in [0.25, 0.3) is 0 Å². The molecule has 1 fully saturated rings. The van der Waals surface area contributed by atoms with Gasteiger partial charge >= 0.3 is 0 Å². The average molecular weight is 446 g/mol. The number of likely N-dealkylation sites (tertiary alicyclic amines) is 1. The molecule has 0 saturated carbocycles. The summed E-state index contributed by atoms with van der Waals surface area (Å²) < 4.78 is 31.1. The van der Waals surface area contributed by atoms with E-state index in [1.165, 1.54) is 44.6 Å². The van der Waals surface area contributed by atoms with Crippen LogP contribution in [0.2, 0.25) is 0 Å². The van der Waals surface area contributed by atoms with Gasteiger partial charge < -0.3 is 10.1 Å². The second-order valence-electron chi connectivity index (χ2n) is 7.90. The van der Waals surface area contributed by atoms with E-state index in [9.17, 15) is 13.2 Å². The van der Waals surface area contributed by atoms with Crippen LogP contribution in [0.3, 0.4) is 0 Å².